The van der Waals surface area contributed by atoms with Crippen LogP contribution in [0, 0.1) is 6.92 Å². The van der Waals surface area contributed by atoms with Gasteiger partial charge in [-0.15, -0.1) is 0 Å². The third-order valence-electron chi connectivity index (χ3n) is 4.33. The molecule has 3 aromatic carbocycles. The number of nitrogen functional groups attached to an aromatic ring is 1. The first-order valence-electron chi connectivity index (χ1n) is 8.80. The average Bonchev–Trinajstić information content (AvgIpc) is 2.69. The summed E-state index contributed by atoms with van der Waals surface area (Å²) >= 11 is 6.40. The maximum Gasteiger partial charge on any atom is 0.194 e. The van der Waals surface area contributed by atoms with E-state index in [1.54, 1.807) is 42.5 Å². The highest BCUT2D eigenvalue weighted by atomic mass is 35.5. The second-order valence-electron chi connectivity index (χ2n) is 6.24. The fourth-order valence-corrected chi connectivity index (χ4v) is 3.13. The molecule has 0 heterocycles. The molecule has 0 bridgehead atoms. The van der Waals surface area contributed by atoms with Crippen LogP contribution in [0.5, 0.6) is 5.75 Å². The van der Waals surface area contributed by atoms with Crippen molar-refractivity contribution in [1.82, 2.24) is 0 Å². The summed E-state index contributed by atoms with van der Waals surface area (Å²) in [4.78, 5) is 13.0. The van der Waals surface area contributed by atoms with Crippen LogP contribution in [0.2, 0.25) is 5.02 Å². The number of hydrogen-bond acceptors (Lipinski definition) is 5. The lowest BCUT2D eigenvalue weighted by molar-refractivity contribution is 0.103. The van der Waals surface area contributed by atoms with Gasteiger partial charge < -0.3 is 20.9 Å². The minimum Gasteiger partial charge on any atom is -0.491 e. The minimum atomic E-state index is -0.192. The van der Waals surface area contributed by atoms with E-state index < -0.39 is 0 Å². The molecule has 0 spiro atoms. The van der Waals surface area contributed by atoms with Crippen molar-refractivity contribution in [1.29, 1.82) is 0 Å². The minimum absolute atomic E-state index is 0.0934. The number of para-hydroxylation sites is 2. The Labute approximate surface area is 168 Å². The van der Waals surface area contributed by atoms with Crippen molar-refractivity contribution in [3.8, 4) is 5.75 Å². The van der Waals surface area contributed by atoms with E-state index in [1.165, 1.54) is 0 Å². The molecular formula is C22H21ClN2O3. The standard InChI is InChI=1S/C22H21ClN2O3/c1-14-16(5-4-8-21(14)28-12-11-26)22(27)17-10-9-15(13-18(17)23)25-20-7-3-2-6-19(20)24/h2-10,13,25-26H,11-12,24H2,1H3. The molecule has 0 aromatic heterocycles. The summed E-state index contributed by atoms with van der Waals surface area (Å²) in [5, 5.41) is 12.5. The Kier molecular flexibility index (Phi) is 6.19. The van der Waals surface area contributed by atoms with E-state index in [1.807, 2.05) is 25.1 Å². The number of aliphatic hydroxyl groups excluding tert-OH is 1. The molecule has 0 radical (unpaired) electrons. The average molecular weight is 397 g/mol. The van der Waals surface area contributed by atoms with Crippen molar-refractivity contribution >= 4 is 34.4 Å². The van der Waals surface area contributed by atoms with E-state index in [4.69, 9.17) is 27.2 Å². The van der Waals surface area contributed by atoms with Gasteiger partial charge in [-0.05, 0) is 43.3 Å². The largest absolute Gasteiger partial charge is 0.491 e. The lowest BCUT2D eigenvalue weighted by atomic mass is 9.98. The highest BCUT2D eigenvalue weighted by Gasteiger charge is 2.17. The van der Waals surface area contributed by atoms with Crippen LogP contribution in [0.3, 0.4) is 0 Å². The van der Waals surface area contributed by atoms with E-state index in [0.717, 1.165) is 11.4 Å². The molecule has 0 aliphatic heterocycles. The number of ketones is 1. The Morgan fingerprint density at radius 2 is 1.89 bits per heavy atom. The molecule has 0 saturated carbocycles. The molecule has 0 aliphatic carbocycles. The van der Waals surface area contributed by atoms with Gasteiger partial charge in [0.05, 0.1) is 23.0 Å². The van der Waals surface area contributed by atoms with Gasteiger partial charge in [-0.1, -0.05) is 35.9 Å². The maximum absolute atomic E-state index is 13.0. The van der Waals surface area contributed by atoms with Crippen molar-refractivity contribution < 1.29 is 14.6 Å². The number of ether oxygens (including phenoxy) is 1. The molecule has 0 atom stereocenters. The van der Waals surface area contributed by atoms with Crippen molar-refractivity contribution in [3.63, 3.8) is 0 Å². The van der Waals surface area contributed by atoms with Crippen LogP contribution < -0.4 is 15.8 Å². The third kappa shape index (κ3) is 4.27. The normalized spacial score (nSPS) is 10.5. The summed E-state index contributed by atoms with van der Waals surface area (Å²) in [5.41, 5.74) is 9.68. The Morgan fingerprint density at radius 3 is 2.61 bits per heavy atom. The number of aliphatic hydroxyl groups is 1. The Morgan fingerprint density at radius 1 is 1.11 bits per heavy atom. The zero-order valence-corrected chi connectivity index (χ0v) is 16.2. The van der Waals surface area contributed by atoms with E-state index in [-0.39, 0.29) is 19.0 Å². The highest BCUT2D eigenvalue weighted by Crippen LogP contribution is 2.30. The number of rotatable bonds is 7. The second-order valence-corrected chi connectivity index (χ2v) is 6.64. The molecule has 0 unspecified atom stereocenters. The molecule has 0 fully saturated rings. The Bertz CT molecular complexity index is 1000. The van der Waals surface area contributed by atoms with Crippen molar-refractivity contribution in [2.75, 3.05) is 24.3 Å². The molecule has 0 saturated heterocycles. The van der Waals surface area contributed by atoms with Gasteiger partial charge in [0.2, 0.25) is 0 Å². The molecule has 6 heteroatoms. The number of hydrogen-bond donors (Lipinski definition) is 3. The van der Waals surface area contributed by atoms with E-state index in [0.29, 0.717) is 33.1 Å². The lowest BCUT2D eigenvalue weighted by Crippen LogP contribution is -2.08. The Hall–Kier alpha value is -3.02. The fourth-order valence-electron chi connectivity index (χ4n) is 2.86. The van der Waals surface area contributed by atoms with Gasteiger partial charge in [-0.3, -0.25) is 4.79 Å². The first kappa shape index (κ1) is 19.7. The van der Waals surface area contributed by atoms with Crippen LogP contribution in [-0.2, 0) is 0 Å². The van der Waals surface area contributed by atoms with Crippen molar-refractivity contribution in [3.05, 3.63) is 82.4 Å². The van der Waals surface area contributed by atoms with Crippen molar-refractivity contribution in [2.24, 2.45) is 0 Å². The first-order chi connectivity index (χ1) is 13.5. The topological polar surface area (TPSA) is 84.6 Å². The number of nitrogens with one attached hydrogen (secondary N) is 1. The van der Waals surface area contributed by atoms with E-state index >= 15 is 0 Å². The van der Waals surface area contributed by atoms with Gasteiger partial charge in [0.1, 0.15) is 12.4 Å². The zero-order chi connectivity index (χ0) is 20.1. The van der Waals surface area contributed by atoms with E-state index in [9.17, 15) is 4.79 Å². The van der Waals surface area contributed by atoms with Gasteiger partial charge in [-0.2, -0.15) is 0 Å². The van der Waals surface area contributed by atoms with Crippen LogP contribution in [0.25, 0.3) is 0 Å². The number of carbonyl (C=O) groups is 1. The molecule has 0 aliphatic rings. The molecule has 0 amide bonds. The quantitative estimate of drug-likeness (QED) is 0.402. The highest BCUT2D eigenvalue weighted by molar-refractivity contribution is 6.35. The van der Waals surface area contributed by atoms with Crippen LogP contribution in [-0.4, -0.2) is 24.1 Å². The van der Waals surface area contributed by atoms with Crippen LogP contribution in [0.15, 0.2) is 60.7 Å². The summed E-state index contributed by atoms with van der Waals surface area (Å²) in [6.07, 6.45) is 0. The monoisotopic (exact) mass is 396 g/mol. The molecule has 144 valence electrons. The number of halogens is 1. The van der Waals surface area contributed by atoms with E-state index in [2.05, 4.69) is 5.32 Å². The predicted octanol–water partition coefficient (Wildman–Crippen LogP) is 4.58. The van der Waals surface area contributed by atoms with Crippen LogP contribution in [0.1, 0.15) is 21.5 Å². The SMILES string of the molecule is Cc1c(OCCO)cccc1C(=O)c1ccc(Nc2ccccc2N)cc1Cl. The number of benzene rings is 3. The predicted molar refractivity (Wildman–Crippen MR) is 113 cm³/mol. The second kappa shape index (κ2) is 8.78. The molecule has 3 aromatic rings. The lowest BCUT2D eigenvalue weighted by Gasteiger charge is -2.13. The number of anilines is 3. The molecule has 3 rings (SSSR count). The summed E-state index contributed by atoms with van der Waals surface area (Å²) in [6.45, 7) is 1.88. The van der Waals surface area contributed by atoms with Crippen LogP contribution >= 0.6 is 11.6 Å². The van der Waals surface area contributed by atoms with Gasteiger partial charge in [0.15, 0.2) is 5.78 Å². The third-order valence-corrected chi connectivity index (χ3v) is 4.64. The molecule has 5 nitrogen and oxygen atoms in total. The molecular weight excluding hydrogens is 376 g/mol. The Balaban J connectivity index is 1.86. The van der Waals surface area contributed by atoms with Gasteiger partial charge in [-0.25, -0.2) is 0 Å². The number of carbonyl (C=O) groups excluding carboxylic acids is 1. The smallest absolute Gasteiger partial charge is 0.194 e. The summed E-state index contributed by atoms with van der Waals surface area (Å²) in [5.74, 6) is 0.372. The summed E-state index contributed by atoms with van der Waals surface area (Å²) in [7, 11) is 0. The summed E-state index contributed by atoms with van der Waals surface area (Å²) < 4.78 is 5.48. The fraction of sp³-hybridized carbons (Fsp3) is 0.136. The molecule has 4 N–H and O–H groups in total. The number of nitrogens with two attached hydrogens (primary N) is 1. The maximum atomic E-state index is 13.0. The van der Waals surface area contributed by atoms with Gasteiger partial charge in [0.25, 0.3) is 0 Å². The summed E-state index contributed by atoms with van der Waals surface area (Å²) in [6, 6.07) is 17.8. The molecule has 28 heavy (non-hydrogen) atoms. The van der Waals surface area contributed by atoms with Gasteiger partial charge >= 0.3 is 0 Å². The van der Waals surface area contributed by atoms with Crippen molar-refractivity contribution in [2.45, 2.75) is 6.92 Å². The zero-order valence-electron chi connectivity index (χ0n) is 15.4. The van der Waals surface area contributed by atoms with Gasteiger partial charge in [0, 0.05) is 22.4 Å². The first-order valence-corrected chi connectivity index (χ1v) is 9.18. The van der Waals surface area contributed by atoms with Crippen LogP contribution in [0.4, 0.5) is 17.1 Å².